The smallest absolute Gasteiger partial charge is 0.290 e. The standard InChI is InChI=1S/C28H38N2O6/c1-6-29(7-2)14-15-30-25(24(27(32)28(30)33)26(31)22-10-9-16-35-22)20-11-12-21(23(18-20)34-8-3)36-17-13-19(4)5/h9-12,16,18-19,25,32H,6-8,13-15,17H2,1-5H3. The van der Waals surface area contributed by atoms with Gasteiger partial charge in [-0.25, -0.2) is 0 Å². The third-order valence-corrected chi connectivity index (χ3v) is 6.38. The van der Waals surface area contributed by atoms with E-state index in [0.717, 1.165) is 19.5 Å². The Hall–Kier alpha value is -3.26. The minimum absolute atomic E-state index is 0.00502. The van der Waals surface area contributed by atoms with Gasteiger partial charge < -0.3 is 28.8 Å². The molecule has 2 aromatic rings. The van der Waals surface area contributed by atoms with Gasteiger partial charge in [-0.3, -0.25) is 9.59 Å². The number of Topliss-reactive ketones (excluding diaryl/α,β-unsaturated/α-hetero) is 1. The van der Waals surface area contributed by atoms with Gasteiger partial charge >= 0.3 is 0 Å². The van der Waals surface area contributed by atoms with Crippen molar-refractivity contribution < 1.29 is 28.6 Å². The van der Waals surface area contributed by atoms with Crippen molar-refractivity contribution in [2.45, 2.75) is 47.1 Å². The summed E-state index contributed by atoms with van der Waals surface area (Å²) in [4.78, 5) is 30.3. The molecule has 0 spiro atoms. The van der Waals surface area contributed by atoms with E-state index in [-0.39, 0.29) is 11.3 Å². The zero-order chi connectivity index (χ0) is 26.2. The van der Waals surface area contributed by atoms with E-state index in [9.17, 15) is 14.7 Å². The number of hydrogen-bond donors (Lipinski definition) is 1. The van der Waals surface area contributed by atoms with Gasteiger partial charge in [0, 0.05) is 13.1 Å². The minimum atomic E-state index is -0.783. The molecular formula is C28H38N2O6. The molecule has 8 heteroatoms. The van der Waals surface area contributed by atoms with Crippen LogP contribution in [0.5, 0.6) is 11.5 Å². The SMILES string of the molecule is CCOc1cc(C2C(C(=O)c3ccco3)=C(O)C(=O)N2CCN(CC)CC)ccc1OCCC(C)C. The van der Waals surface area contributed by atoms with Gasteiger partial charge in [0.2, 0.25) is 5.78 Å². The first-order valence-corrected chi connectivity index (χ1v) is 12.8. The fraction of sp³-hybridized carbons (Fsp3) is 0.500. The number of likely N-dealkylation sites (N-methyl/N-ethyl adjacent to an activating group) is 1. The molecule has 3 rings (SSSR count). The summed E-state index contributed by atoms with van der Waals surface area (Å²) in [5, 5.41) is 10.9. The highest BCUT2D eigenvalue weighted by atomic mass is 16.5. The Morgan fingerprint density at radius 2 is 1.89 bits per heavy atom. The molecule has 36 heavy (non-hydrogen) atoms. The molecule has 0 radical (unpaired) electrons. The van der Waals surface area contributed by atoms with Gasteiger partial charge in [0.1, 0.15) is 0 Å². The topological polar surface area (TPSA) is 92.5 Å². The Balaban J connectivity index is 2.01. The molecule has 0 saturated heterocycles. The summed E-state index contributed by atoms with van der Waals surface area (Å²) >= 11 is 0. The Kier molecular flexibility index (Phi) is 9.58. The van der Waals surface area contributed by atoms with Crippen LogP contribution in [0.4, 0.5) is 0 Å². The summed E-state index contributed by atoms with van der Waals surface area (Å²) in [6.45, 7) is 13.9. The Labute approximate surface area is 213 Å². The van der Waals surface area contributed by atoms with E-state index in [1.807, 2.05) is 13.0 Å². The van der Waals surface area contributed by atoms with Gasteiger partial charge in [-0.15, -0.1) is 0 Å². The first-order chi connectivity index (χ1) is 17.3. The second-order valence-electron chi connectivity index (χ2n) is 9.17. The fourth-order valence-corrected chi connectivity index (χ4v) is 4.28. The van der Waals surface area contributed by atoms with Crippen molar-refractivity contribution in [3.8, 4) is 11.5 Å². The van der Waals surface area contributed by atoms with Crippen molar-refractivity contribution in [2.75, 3.05) is 39.4 Å². The Morgan fingerprint density at radius 3 is 2.50 bits per heavy atom. The van der Waals surface area contributed by atoms with Crippen molar-refractivity contribution in [1.29, 1.82) is 0 Å². The number of hydrogen-bond acceptors (Lipinski definition) is 7. The summed E-state index contributed by atoms with van der Waals surface area (Å²) < 4.78 is 17.2. The number of nitrogens with zero attached hydrogens (tertiary/aromatic N) is 2. The number of aliphatic hydroxyl groups excluding tert-OH is 1. The lowest BCUT2D eigenvalue weighted by Crippen LogP contribution is -2.38. The van der Waals surface area contributed by atoms with E-state index in [0.29, 0.717) is 49.3 Å². The van der Waals surface area contributed by atoms with Crippen LogP contribution in [0.25, 0.3) is 0 Å². The minimum Gasteiger partial charge on any atom is -0.503 e. The van der Waals surface area contributed by atoms with Crippen molar-refractivity contribution in [3.05, 3.63) is 59.3 Å². The molecule has 8 nitrogen and oxygen atoms in total. The van der Waals surface area contributed by atoms with E-state index in [4.69, 9.17) is 13.9 Å². The van der Waals surface area contributed by atoms with E-state index >= 15 is 0 Å². The van der Waals surface area contributed by atoms with Crippen molar-refractivity contribution in [3.63, 3.8) is 0 Å². The van der Waals surface area contributed by atoms with Crippen LogP contribution in [0, 0.1) is 5.92 Å². The first-order valence-electron chi connectivity index (χ1n) is 12.8. The van der Waals surface area contributed by atoms with E-state index < -0.39 is 23.5 Å². The van der Waals surface area contributed by atoms with Crippen LogP contribution in [0.1, 0.15) is 63.2 Å². The molecule has 1 aliphatic heterocycles. The quantitative estimate of drug-likeness (QED) is 0.366. The van der Waals surface area contributed by atoms with E-state index in [1.165, 1.54) is 12.3 Å². The molecule has 0 aliphatic carbocycles. The van der Waals surface area contributed by atoms with E-state index in [1.54, 1.807) is 23.1 Å². The molecule has 1 atom stereocenters. The highest BCUT2D eigenvalue weighted by Gasteiger charge is 2.44. The molecule has 0 fully saturated rings. The summed E-state index contributed by atoms with van der Waals surface area (Å²) in [6.07, 6.45) is 2.30. The van der Waals surface area contributed by atoms with Crippen LogP contribution < -0.4 is 9.47 Å². The maximum absolute atomic E-state index is 13.4. The molecule has 0 bridgehead atoms. The largest absolute Gasteiger partial charge is 0.503 e. The molecule has 196 valence electrons. The van der Waals surface area contributed by atoms with Crippen LogP contribution in [-0.2, 0) is 4.79 Å². The molecular weight excluding hydrogens is 460 g/mol. The number of amides is 1. The zero-order valence-corrected chi connectivity index (χ0v) is 22.0. The third kappa shape index (κ3) is 6.10. The summed E-state index contributed by atoms with van der Waals surface area (Å²) in [6, 6.07) is 7.77. The average molecular weight is 499 g/mol. The van der Waals surface area contributed by atoms with Gasteiger partial charge in [-0.1, -0.05) is 33.8 Å². The summed E-state index contributed by atoms with van der Waals surface area (Å²) in [7, 11) is 0. The van der Waals surface area contributed by atoms with Gasteiger partial charge in [-0.2, -0.15) is 0 Å². The Morgan fingerprint density at radius 1 is 1.14 bits per heavy atom. The molecule has 1 N–H and O–H groups in total. The number of furan rings is 1. The lowest BCUT2D eigenvalue weighted by Gasteiger charge is -2.29. The van der Waals surface area contributed by atoms with Crippen molar-refractivity contribution in [2.24, 2.45) is 5.92 Å². The summed E-state index contributed by atoms with van der Waals surface area (Å²) in [5.41, 5.74) is 0.659. The number of ketones is 1. The van der Waals surface area contributed by atoms with Crippen LogP contribution in [0.3, 0.4) is 0 Å². The lowest BCUT2D eigenvalue weighted by atomic mass is 9.94. The van der Waals surface area contributed by atoms with Crippen LogP contribution >= 0.6 is 0 Å². The molecule has 0 saturated carbocycles. The number of carbonyl (C=O) groups excluding carboxylic acids is 2. The van der Waals surface area contributed by atoms with Gasteiger partial charge in [-0.05, 0) is 62.2 Å². The van der Waals surface area contributed by atoms with Crippen LogP contribution in [-0.4, -0.2) is 66.0 Å². The van der Waals surface area contributed by atoms with Crippen molar-refractivity contribution >= 4 is 11.7 Å². The number of aliphatic hydroxyl groups is 1. The van der Waals surface area contributed by atoms with Crippen molar-refractivity contribution in [1.82, 2.24) is 9.80 Å². The lowest BCUT2D eigenvalue weighted by molar-refractivity contribution is -0.129. The fourth-order valence-electron chi connectivity index (χ4n) is 4.28. The molecule has 1 amide bonds. The van der Waals surface area contributed by atoms with Gasteiger partial charge in [0.05, 0.1) is 31.1 Å². The average Bonchev–Trinajstić information content (AvgIpc) is 3.48. The van der Waals surface area contributed by atoms with Crippen LogP contribution in [0.2, 0.25) is 0 Å². The number of carbonyl (C=O) groups is 2. The monoisotopic (exact) mass is 498 g/mol. The highest BCUT2D eigenvalue weighted by molar-refractivity contribution is 6.15. The zero-order valence-electron chi connectivity index (χ0n) is 22.0. The Bertz CT molecular complexity index is 1060. The first kappa shape index (κ1) is 27.3. The molecule has 1 unspecified atom stereocenters. The summed E-state index contributed by atoms with van der Waals surface area (Å²) in [5.74, 6) is 0.0777. The molecule has 1 aromatic carbocycles. The second-order valence-corrected chi connectivity index (χ2v) is 9.17. The normalized spacial score (nSPS) is 15.9. The predicted octanol–water partition coefficient (Wildman–Crippen LogP) is 5.02. The molecule has 1 aliphatic rings. The highest BCUT2D eigenvalue weighted by Crippen LogP contribution is 2.41. The van der Waals surface area contributed by atoms with E-state index in [2.05, 4.69) is 32.6 Å². The van der Waals surface area contributed by atoms with Crippen LogP contribution in [0.15, 0.2) is 52.3 Å². The maximum Gasteiger partial charge on any atom is 0.290 e. The predicted molar refractivity (Wildman–Crippen MR) is 137 cm³/mol. The number of rotatable bonds is 14. The third-order valence-electron chi connectivity index (χ3n) is 6.38. The molecule has 2 heterocycles. The maximum atomic E-state index is 13.4. The second kappa shape index (κ2) is 12.6. The van der Waals surface area contributed by atoms with Gasteiger partial charge in [0.15, 0.2) is 23.0 Å². The number of benzene rings is 1. The van der Waals surface area contributed by atoms with Gasteiger partial charge in [0.25, 0.3) is 5.91 Å². The number of ether oxygens (including phenoxy) is 2. The molecule has 1 aromatic heterocycles.